The molecule has 2 rings (SSSR count). The van der Waals surface area contributed by atoms with E-state index in [-0.39, 0.29) is 17.3 Å². The van der Waals surface area contributed by atoms with Gasteiger partial charge in [0.25, 0.3) is 5.69 Å². The molecule has 106 valence electrons. The minimum absolute atomic E-state index is 0.148. The molecule has 1 aromatic heterocycles. The van der Waals surface area contributed by atoms with E-state index in [0.29, 0.717) is 15.7 Å². The molecule has 0 saturated heterocycles. The van der Waals surface area contributed by atoms with E-state index in [9.17, 15) is 10.1 Å². The second-order valence-corrected chi connectivity index (χ2v) is 4.78. The second-order valence-electron chi connectivity index (χ2n) is 3.93. The highest BCUT2D eigenvalue weighted by molar-refractivity contribution is 9.10. The maximum Gasteiger partial charge on any atom is 0.276 e. The number of nitrogens with two attached hydrogens (primary N) is 1. The van der Waals surface area contributed by atoms with Crippen molar-refractivity contribution in [3.05, 3.63) is 50.5 Å². The number of aromatic nitrogens is 1. The Morgan fingerprint density at radius 1 is 1.33 bits per heavy atom. The number of nitriles is 1. The molecule has 0 aliphatic carbocycles. The van der Waals surface area contributed by atoms with Crippen LogP contribution in [-0.2, 0) is 0 Å². The van der Waals surface area contributed by atoms with Gasteiger partial charge in [0.1, 0.15) is 11.6 Å². The smallest absolute Gasteiger partial charge is 0.276 e. The molecule has 0 bridgehead atoms. The molecule has 0 radical (unpaired) electrons. The lowest BCUT2D eigenvalue weighted by Crippen LogP contribution is -2.10. The first-order valence-electron chi connectivity index (χ1n) is 5.63. The van der Waals surface area contributed by atoms with Gasteiger partial charge in [-0.25, -0.2) is 10.8 Å². The van der Waals surface area contributed by atoms with E-state index >= 15 is 0 Å². The summed E-state index contributed by atoms with van der Waals surface area (Å²) < 4.78 is 0.636. The first-order chi connectivity index (χ1) is 10.0. The van der Waals surface area contributed by atoms with Gasteiger partial charge in [-0.05, 0) is 34.1 Å². The Hall–Kier alpha value is -2.70. The van der Waals surface area contributed by atoms with E-state index in [1.807, 2.05) is 6.07 Å². The molecule has 0 amide bonds. The van der Waals surface area contributed by atoms with E-state index in [2.05, 4.69) is 31.7 Å². The lowest BCUT2D eigenvalue weighted by Gasteiger charge is -2.09. The molecule has 0 saturated carbocycles. The number of nitrogens with zero attached hydrogens (tertiary/aromatic N) is 3. The SMILES string of the molecule is N#Cc1ccc(Nc2cc([N+](=O)[O-])cc(NN)n2)c(Br)c1. The summed E-state index contributed by atoms with van der Waals surface area (Å²) in [5.41, 5.74) is 3.23. The van der Waals surface area contributed by atoms with Crippen LogP contribution in [0.25, 0.3) is 0 Å². The molecule has 4 N–H and O–H groups in total. The fourth-order valence-electron chi connectivity index (χ4n) is 1.58. The maximum absolute atomic E-state index is 10.9. The predicted octanol–water partition coefficient (Wildman–Crippen LogP) is 2.65. The van der Waals surface area contributed by atoms with Gasteiger partial charge in [0, 0.05) is 4.47 Å². The Kier molecular flexibility index (Phi) is 4.32. The van der Waals surface area contributed by atoms with Crippen LogP contribution in [0.5, 0.6) is 0 Å². The van der Waals surface area contributed by atoms with Crippen LogP contribution < -0.4 is 16.6 Å². The number of hydrogen-bond acceptors (Lipinski definition) is 7. The van der Waals surface area contributed by atoms with Gasteiger partial charge in [0.05, 0.1) is 34.4 Å². The van der Waals surface area contributed by atoms with Gasteiger partial charge in [-0.15, -0.1) is 0 Å². The third-order valence-corrected chi connectivity index (χ3v) is 3.19. The van der Waals surface area contributed by atoms with E-state index < -0.39 is 4.92 Å². The van der Waals surface area contributed by atoms with E-state index in [1.165, 1.54) is 12.1 Å². The first-order valence-corrected chi connectivity index (χ1v) is 6.42. The van der Waals surface area contributed by atoms with Crippen molar-refractivity contribution in [3.63, 3.8) is 0 Å². The van der Waals surface area contributed by atoms with E-state index in [4.69, 9.17) is 11.1 Å². The first kappa shape index (κ1) is 14.7. The quantitative estimate of drug-likeness (QED) is 0.439. The minimum Gasteiger partial charge on any atom is -0.339 e. The van der Waals surface area contributed by atoms with Crippen molar-refractivity contribution < 1.29 is 4.92 Å². The molecule has 21 heavy (non-hydrogen) atoms. The molecule has 0 unspecified atom stereocenters. The van der Waals surface area contributed by atoms with Gasteiger partial charge in [-0.3, -0.25) is 10.1 Å². The highest BCUT2D eigenvalue weighted by Crippen LogP contribution is 2.28. The van der Waals surface area contributed by atoms with Crippen LogP contribution in [0.4, 0.5) is 23.0 Å². The van der Waals surface area contributed by atoms with Crippen LogP contribution in [0.1, 0.15) is 5.56 Å². The molecule has 0 spiro atoms. The molecule has 0 aliphatic heterocycles. The van der Waals surface area contributed by atoms with Crippen molar-refractivity contribution in [1.29, 1.82) is 5.26 Å². The summed E-state index contributed by atoms with van der Waals surface area (Å²) in [6.45, 7) is 0. The monoisotopic (exact) mass is 348 g/mol. The number of rotatable bonds is 4. The zero-order chi connectivity index (χ0) is 15.4. The minimum atomic E-state index is -0.540. The third-order valence-electron chi connectivity index (χ3n) is 2.53. The topological polar surface area (TPSA) is 130 Å². The largest absolute Gasteiger partial charge is 0.339 e. The highest BCUT2D eigenvalue weighted by atomic mass is 79.9. The van der Waals surface area contributed by atoms with Crippen molar-refractivity contribution in [1.82, 2.24) is 4.98 Å². The molecular weight excluding hydrogens is 340 g/mol. The van der Waals surface area contributed by atoms with Gasteiger partial charge >= 0.3 is 0 Å². The van der Waals surface area contributed by atoms with Gasteiger partial charge in [0.15, 0.2) is 0 Å². The van der Waals surface area contributed by atoms with E-state index in [0.717, 1.165) is 0 Å². The number of nitro groups is 1. The number of halogens is 1. The Bertz CT molecular complexity index is 743. The summed E-state index contributed by atoms with van der Waals surface area (Å²) in [4.78, 5) is 14.4. The second kappa shape index (κ2) is 6.17. The van der Waals surface area contributed by atoms with Crippen molar-refractivity contribution in [2.45, 2.75) is 0 Å². The standard InChI is InChI=1S/C12H9BrN6O2/c13-9-3-7(6-14)1-2-10(9)16-11-4-8(19(20)21)5-12(17-11)18-15/h1-5H,15H2,(H2,16,17,18). The Balaban J connectivity index is 2.37. The molecule has 0 aliphatic rings. The average Bonchev–Trinajstić information content (AvgIpc) is 2.48. The number of pyridine rings is 1. The lowest BCUT2D eigenvalue weighted by atomic mass is 10.2. The Labute approximate surface area is 127 Å². The molecule has 0 fully saturated rings. The molecule has 0 atom stereocenters. The Morgan fingerprint density at radius 3 is 2.62 bits per heavy atom. The van der Waals surface area contributed by atoms with Crippen LogP contribution in [0.3, 0.4) is 0 Å². The zero-order valence-electron chi connectivity index (χ0n) is 10.5. The summed E-state index contributed by atoms with van der Waals surface area (Å²) in [6.07, 6.45) is 0. The number of nitrogen functional groups attached to an aromatic ring is 1. The van der Waals surface area contributed by atoms with Gasteiger partial charge in [-0.1, -0.05) is 0 Å². The zero-order valence-corrected chi connectivity index (χ0v) is 12.1. The van der Waals surface area contributed by atoms with Crippen molar-refractivity contribution in [2.75, 3.05) is 10.7 Å². The number of hydrogen-bond donors (Lipinski definition) is 3. The van der Waals surface area contributed by atoms with Gasteiger partial charge in [-0.2, -0.15) is 5.26 Å². The molecule has 1 heterocycles. The summed E-state index contributed by atoms with van der Waals surface area (Å²) >= 11 is 3.31. The van der Waals surface area contributed by atoms with Crippen molar-refractivity contribution in [2.24, 2.45) is 5.84 Å². The Morgan fingerprint density at radius 2 is 2.05 bits per heavy atom. The normalized spacial score (nSPS) is 9.76. The van der Waals surface area contributed by atoms with Gasteiger partial charge < -0.3 is 10.7 Å². The maximum atomic E-state index is 10.9. The summed E-state index contributed by atoms with van der Waals surface area (Å²) in [5.74, 6) is 5.66. The van der Waals surface area contributed by atoms with Crippen LogP contribution in [0.15, 0.2) is 34.8 Å². The molecular formula is C12H9BrN6O2. The average molecular weight is 349 g/mol. The van der Waals surface area contributed by atoms with Crippen LogP contribution in [0, 0.1) is 21.4 Å². The summed E-state index contributed by atoms with van der Waals surface area (Å²) in [5, 5.41) is 22.6. The molecule has 1 aromatic carbocycles. The van der Waals surface area contributed by atoms with Crippen LogP contribution in [0.2, 0.25) is 0 Å². The predicted molar refractivity (Wildman–Crippen MR) is 80.8 cm³/mol. The molecule has 8 nitrogen and oxygen atoms in total. The fourth-order valence-corrected chi connectivity index (χ4v) is 2.06. The summed E-state index contributed by atoms with van der Waals surface area (Å²) in [7, 11) is 0. The van der Waals surface area contributed by atoms with E-state index in [1.54, 1.807) is 18.2 Å². The number of nitrogens with one attached hydrogen (secondary N) is 2. The molecule has 2 aromatic rings. The van der Waals surface area contributed by atoms with Crippen molar-refractivity contribution in [3.8, 4) is 6.07 Å². The number of benzene rings is 1. The van der Waals surface area contributed by atoms with Gasteiger partial charge in [0.2, 0.25) is 0 Å². The number of anilines is 3. The van der Waals surface area contributed by atoms with Crippen LogP contribution in [-0.4, -0.2) is 9.91 Å². The summed E-state index contributed by atoms with van der Waals surface area (Å²) in [6, 6.07) is 9.43. The van der Waals surface area contributed by atoms with Crippen LogP contribution >= 0.6 is 15.9 Å². The molecule has 9 heteroatoms. The third kappa shape index (κ3) is 3.44. The number of hydrazine groups is 1. The van der Waals surface area contributed by atoms with Crippen molar-refractivity contribution >= 4 is 38.9 Å². The highest BCUT2D eigenvalue weighted by Gasteiger charge is 2.12. The fraction of sp³-hybridized carbons (Fsp3) is 0. The lowest BCUT2D eigenvalue weighted by molar-refractivity contribution is -0.384.